The summed E-state index contributed by atoms with van der Waals surface area (Å²) in [4.78, 5) is 20.5. The highest BCUT2D eigenvalue weighted by Crippen LogP contribution is 2.18. The van der Waals surface area contributed by atoms with Crippen LogP contribution in [0.25, 0.3) is 0 Å². The quantitative estimate of drug-likeness (QED) is 0.592. The standard InChI is InChI=1S/C6H8N4O2/c1-8-3-4(11)9-6(7)10-5(3)12-2/h1H2,2H3,(H3,7,9,10,11). The summed E-state index contributed by atoms with van der Waals surface area (Å²) < 4.78 is 4.75. The van der Waals surface area contributed by atoms with Crippen LogP contribution in [0.4, 0.5) is 11.6 Å². The highest BCUT2D eigenvalue weighted by atomic mass is 16.5. The van der Waals surface area contributed by atoms with Crippen LogP contribution in [0.3, 0.4) is 0 Å². The number of nitrogens with zero attached hydrogens (tertiary/aromatic N) is 2. The molecule has 64 valence electrons. The summed E-state index contributed by atoms with van der Waals surface area (Å²) in [5.41, 5.74) is 4.82. The molecule has 0 amide bonds. The van der Waals surface area contributed by atoms with Crippen molar-refractivity contribution in [1.82, 2.24) is 9.97 Å². The van der Waals surface area contributed by atoms with Gasteiger partial charge in [-0.2, -0.15) is 4.98 Å². The molecule has 0 bridgehead atoms. The SMILES string of the molecule is C=Nc1c(OC)nc(N)[nH]c1=O. The van der Waals surface area contributed by atoms with E-state index in [-0.39, 0.29) is 17.5 Å². The van der Waals surface area contributed by atoms with Gasteiger partial charge in [0.15, 0.2) is 5.69 Å². The molecule has 6 nitrogen and oxygen atoms in total. The third kappa shape index (κ3) is 1.26. The number of anilines is 1. The Bertz CT molecular complexity index is 357. The predicted molar refractivity (Wildman–Crippen MR) is 45.0 cm³/mol. The molecule has 0 atom stereocenters. The number of H-pyrrole nitrogens is 1. The molecule has 0 fully saturated rings. The molecule has 0 aliphatic heterocycles. The van der Waals surface area contributed by atoms with Crippen LogP contribution in [0, 0.1) is 0 Å². The van der Waals surface area contributed by atoms with E-state index in [1.807, 2.05) is 0 Å². The van der Waals surface area contributed by atoms with Crippen LogP contribution in [0.15, 0.2) is 9.79 Å². The third-order valence-electron chi connectivity index (χ3n) is 1.23. The van der Waals surface area contributed by atoms with Crippen molar-refractivity contribution >= 4 is 18.4 Å². The van der Waals surface area contributed by atoms with Crippen molar-refractivity contribution in [2.24, 2.45) is 4.99 Å². The van der Waals surface area contributed by atoms with Crippen molar-refractivity contribution in [3.05, 3.63) is 10.4 Å². The molecule has 0 aliphatic rings. The first-order valence-electron chi connectivity index (χ1n) is 3.09. The van der Waals surface area contributed by atoms with E-state index in [2.05, 4.69) is 21.7 Å². The maximum Gasteiger partial charge on any atom is 0.282 e. The molecule has 1 aromatic rings. The zero-order valence-electron chi connectivity index (χ0n) is 6.50. The van der Waals surface area contributed by atoms with Gasteiger partial charge < -0.3 is 10.5 Å². The van der Waals surface area contributed by atoms with Crippen LogP contribution in [-0.4, -0.2) is 23.8 Å². The topological polar surface area (TPSA) is 93.4 Å². The van der Waals surface area contributed by atoms with Gasteiger partial charge in [0.2, 0.25) is 11.8 Å². The Morgan fingerprint density at radius 3 is 2.92 bits per heavy atom. The summed E-state index contributed by atoms with van der Waals surface area (Å²) in [7, 11) is 1.37. The van der Waals surface area contributed by atoms with E-state index in [9.17, 15) is 4.79 Å². The molecule has 6 heteroatoms. The molecular weight excluding hydrogens is 160 g/mol. The van der Waals surface area contributed by atoms with Crippen molar-refractivity contribution in [1.29, 1.82) is 0 Å². The number of aromatic nitrogens is 2. The molecule has 0 saturated heterocycles. The zero-order chi connectivity index (χ0) is 9.14. The average Bonchev–Trinajstić information content (AvgIpc) is 2.03. The Morgan fingerprint density at radius 2 is 2.42 bits per heavy atom. The third-order valence-corrected chi connectivity index (χ3v) is 1.23. The van der Waals surface area contributed by atoms with Crippen LogP contribution in [0.1, 0.15) is 0 Å². The average molecular weight is 168 g/mol. The number of rotatable bonds is 2. The lowest BCUT2D eigenvalue weighted by Crippen LogP contribution is -2.11. The normalized spacial score (nSPS) is 9.42. The Labute approximate surface area is 68.1 Å². The highest BCUT2D eigenvalue weighted by Gasteiger charge is 2.07. The first-order valence-corrected chi connectivity index (χ1v) is 3.09. The van der Waals surface area contributed by atoms with Crippen molar-refractivity contribution in [2.75, 3.05) is 12.8 Å². The fourth-order valence-electron chi connectivity index (χ4n) is 0.745. The molecule has 1 heterocycles. The van der Waals surface area contributed by atoms with Gasteiger partial charge in [-0.3, -0.25) is 14.8 Å². The monoisotopic (exact) mass is 168 g/mol. The first-order chi connectivity index (χ1) is 5.69. The molecule has 1 aromatic heterocycles. The number of nitrogens with two attached hydrogens (primary N) is 1. The van der Waals surface area contributed by atoms with Crippen LogP contribution in [0.5, 0.6) is 5.88 Å². The number of nitrogen functional groups attached to an aromatic ring is 1. The van der Waals surface area contributed by atoms with Crippen LogP contribution in [0.2, 0.25) is 0 Å². The van der Waals surface area contributed by atoms with E-state index in [1.54, 1.807) is 0 Å². The van der Waals surface area contributed by atoms with E-state index >= 15 is 0 Å². The maximum atomic E-state index is 11.1. The largest absolute Gasteiger partial charge is 0.479 e. The van der Waals surface area contributed by atoms with Gasteiger partial charge in [0.1, 0.15) is 0 Å². The molecule has 0 spiro atoms. The predicted octanol–water partition coefficient (Wildman–Crippen LogP) is -0.307. The number of hydrogen-bond donors (Lipinski definition) is 2. The van der Waals surface area contributed by atoms with Gasteiger partial charge in [-0.05, 0) is 6.72 Å². The highest BCUT2D eigenvalue weighted by molar-refractivity contribution is 5.52. The summed E-state index contributed by atoms with van der Waals surface area (Å²) >= 11 is 0. The molecule has 0 aliphatic carbocycles. The van der Waals surface area contributed by atoms with Crippen molar-refractivity contribution in [3.8, 4) is 5.88 Å². The zero-order valence-corrected chi connectivity index (χ0v) is 6.50. The fourth-order valence-corrected chi connectivity index (χ4v) is 0.745. The van der Waals surface area contributed by atoms with Gasteiger partial charge in [0.25, 0.3) is 5.56 Å². The van der Waals surface area contributed by atoms with Crippen LogP contribution < -0.4 is 16.0 Å². The van der Waals surface area contributed by atoms with Gasteiger partial charge in [0, 0.05) is 0 Å². The molecule has 0 radical (unpaired) electrons. The number of aromatic amines is 1. The number of aliphatic imine (C=N–C) groups is 1. The van der Waals surface area contributed by atoms with Gasteiger partial charge in [-0.25, -0.2) is 0 Å². The molecule has 3 N–H and O–H groups in total. The summed E-state index contributed by atoms with van der Waals surface area (Å²) in [6.45, 7) is 3.20. The smallest absolute Gasteiger partial charge is 0.282 e. The van der Waals surface area contributed by atoms with Crippen molar-refractivity contribution < 1.29 is 4.74 Å². The molecule has 1 rings (SSSR count). The van der Waals surface area contributed by atoms with Crippen LogP contribution >= 0.6 is 0 Å². The molecule has 0 saturated carbocycles. The van der Waals surface area contributed by atoms with Gasteiger partial charge in [-0.1, -0.05) is 0 Å². The van der Waals surface area contributed by atoms with E-state index in [1.165, 1.54) is 7.11 Å². The summed E-state index contributed by atoms with van der Waals surface area (Å²) in [6, 6.07) is 0. The van der Waals surface area contributed by atoms with Gasteiger partial charge in [-0.15, -0.1) is 0 Å². The van der Waals surface area contributed by atoms with Crippen molar-refractivity contribution in [3.63, 3.8) is 0 Å². The summed E-state index contributed by atoms with van der Waals surface area (Å²) in [5.74, 6) is 0.0653. The molecule has 0 aromatic carbocycles. The first kappa shape index (κ1) is 8.25. The minimum atomic E-state index is -0.464. The number of ether oxygens (including phenoxy) is 1. The lowest BCUT2D eigenvalue weighted by atomic mass is 10.5. The summed E-state index contributed by atoms with van der Waals surface area (Å²) in [6.07, 6.45) is 0. The molecule has 0 unspecified atom stereocenters. The second-order valence-electron chi connectivity index (χ2n) is 1.97. The fraction of sp³-hybridized carbons (Fsp3) is 0.167. The second kappa shape index (κ2) is 3.04. The number of hydrogen-bond acceptors (Lipinski definition) is 5. The summed E-state index contributed by atoms with van der Waals surface area (Å²) in [5, 5.41) is 0. The lowest BCUT2D eigenvalue weighted by Gasteiger charge is -2.01. The maximum absolute atomic E-state index is 11.1. The Morgan fingerprint density at radius 1 is 1.75 bits per heavy atom. The number of methoxy groups -OCH3 is 1. The Balaban J connectivity index is 3.44. The van der Waals surface area contributed by atoms with Gasteiger partial charge in [0.05, 0.1) is 7.11 Å². The van der Waals surface area contributed by atoms with E-state index < -0.39 is 5.56 Å². The minimum absolute atomic E-state index is 0.00995. The Hall–Kier alpha value is -1.85. The second-order valence-corrected chi connectivity index (χ2v) is 1.97. The Kier molecular flexibility index (Phi) is 2.09. The van der Waals surface area contributed by atoms with Gasteiger partial charge >= 0.3 is 0 Å². The van der Waals surface area contributed by atoms with E-state index in [0.29, 0.717) is 0 Å². The lowest BCUT2D eigenvalue weighted by molar-refractivity contribution is 0.398. The van der Waals surface area contributed by atoms with E-state index in [0.717, 1.165) is 0 Å². The van der Waals surface area contributed by atoms with Crippen molar-refractivity contribution in [2.45, 2.75) is 0 Å². The molecular formula is C6H8N4O2. The van der Waals surface area contributed by atoms with E-state index in [4.69, 9.17) is 10.5 Å². The molecule has 12 heavy (non-hydrogen) atoms. The van der Waals surface area contributed by atoms with Crippen LogP contribution in [-0.2, 0) is 0 Å². The minimum Gasteiger partial charge on any atom is -0.479 e. The number of nitrogens with one attached hydrogen (secondary N) is 1.